The standard InChI is InChI=1S/C27H34N2O6S/c1-27(2,3)35-26(32)28-14-12-21(13-15-28)25(31)24(30)20-10-8-19(9-11-20)18-29-16-17-36(33,34)23-7-5-4-6-22(23)29/h4-11,21,33-34H,12-18H2,1-3H3. The first-order valence-corrected chi connectivity index (χ1v) is 13.9. The van der Waals surface area contributed by atoms with E-state index in [4.69, 9.17) is 4.74 Å². The normalized spacial score (nSPS) is 18.8. The molecule has 8 nitrogen and oxygen atoms in total. The topological polar surface area (TPSA) is 107 Å². The van der Waals surface area contributed by atoms with Crippen molar-refractivity contribution < 1.29 is 28.2 Å². The summed E-state index contributed by atoms with van der Waals surface area (Å²) in [5.74, 6) is -1.04. The van der Waals surface area contributed by atoms with E-state index in [-0.39, 0.29) is 5.75 Å². The third-order valence-electron chi connectivity index (χ3n) is 6.53. The summed E-state index contributed by atoms with van der Waals surface area (Å²) in [4.78, 5) is 42.2. The van der Waals surface area contributed by atoms with E-state index >= 15 is 0 Å². The van der Waals surface area contributed by atoms with Gasteiger partial charge in [0.2, 0.25) is 11.6 Å². The van der Waals surface area contributed by atoms with Gasteiger partial charge in [0.25, 0.3) is 0 Å². The number of hydrogen-bond acceptors (Lipinski definition) is 7. The van der Waals surface area contributed by atoms with Gasteiger partial charge in [-0.15, -0.1) is 0 Å². The molecule has 0 spiro atoms. The fourth-order valence-electron chi connectivity index (χ4n) is 4.59. The van der Waals surface area contributed by atoms with Crippen LogP contribution in [0, 0.1) is 5.92 Å². The number of nitrogens with zero attached hydrogens (tertiary/aromatic N) is 2. The molecule has 2 aromatic carbocycles. The number of ether oxygens (including phenoxy) is 1. The van der Waals surface area contributed by atoms with Gasteiger partial charge in [-0.3, -0.25) is 18.7 Å². The van der Waals surface area contributed by atoms with Gasteiger partial charge in [-0.2, -0.15) is 10.6 Å². The van der Waals surface area contributed by atoms with Gasteiger partial charge in [0.15, 0.2) is 0 Å². The monoisotopic (exact) mass is 514 g/mol. The maximum atomic E-state index is 12.9. The smallest absolute Gasteiger partial charge is 0.410 e. The lowest BCUT2D eigenvalue weighted by Gasteiger charge is -2.43. The van der Waals surface area contributed by atoms with Crippen molar-refractivity contribution in [3.8, 4) is 0 Å². The molecule has 4 rings (SSSR count). The highest BCUT2D eigenvalue weighted by atomic mass is 32.3. The Bertz CT molecular complexity index is 1130. The number of rotatable bonds is 5. The van der Waals surface area contributed by atoms with E-state index in [1.54, 1.807) is 29.2 Å². The highest BCUT2D eigenvalue weighted by Gasteiger charge is 2.33. The van der Waals surface area contributed by atoms with Gasteiger partial charge in [-0.25, -0.2) is 4.79 Å². The number of benzene rings is 2. The third kappa shape index (κ3) is 5.91. The predicted octanol–water partition coefficient (Wildman–Crippen LogP) is 5.22. The van der Waals surface area contributed by atoms with E-state index < -0.39 is 39.8 Å². The molecule has 2 N–H and O–H groups in total. The van der Waals surface area contributed by atoms with Gasteiger partial charge >= 0.3 is 6.09 Å². The average Bonchev–Trinajstić information content (AvgIpc) is 2.84. The number of ketones is 2. The fraction of sp³-hybridized carbons (Fsp3) is 0.444. The molecule has 0 aliphatic carbocycles. The number of anilines is 1. The second-order valence-corrected chi connectivity index (χ2v) is 12.6. The van der Waals surface area contributed by atoms with Crippen molar-refractivity contribution in [3.63, 3.8) is 0 Å². The molecule has 0 saturated carbocycles. The lowest BCUT2D eigenvalue weighted by atomic mass is 9.88. The minimum atomic E-state index is -2.77. The molecule has 194 valence electrons. The minimum Gasteiger partial charge on any atom is -0.444 e. The number of carbonyl (C=O) groups is 3. The van der Waals surface area contributed by atoms with Crippen molar-refractivity contribution in [1.82, 2.24) is 4.90 Å². The van der Waals surface area contributed by atoms with Crippen molar-refractivity contribution in [2.75, 3.05) is 30.3 Å². The summed E-state index contributed by atoms with van der Waals surface area (Å²) >= 11 is 0. The first-order chi connectivity index (χ1) is 16.9. The molecule has 0 unspecified atom stereocenters. The molecule has 0 radical (unpaired) electrons. The Morgan fingerprint density at radius 3 is 2.25 bits per heavy atom. The van der Waals surface area contributed by atoms with E-state index in [0.29, 0.717) is 49.5 Å². The molecule has 0 aromatic heterocycles. The van der Waals surface area contributed by atoms with Crippen LogP contribution in [0.4, 0.5) is 10.5 Å². The van der Waals surface area contributed by atoms with Gasteiger partial charge in [0, 0.05) is 37.7 Å². The second-order valence-electron chi connectivity index (χ2n) is 10.4. The van der Waals surface area contributed by atoms with Crippen LogP contribution in [0.25, 0.3) is 0 Å². The maximum absolute atomic E-state index is 12.9. The number of fused-ring (bicyclic) bond motifs is 1. The number of piperidine rings is 1. The highest BCUT2D eigenvalue weighted by molar-refractivity contribution is 8.24. The lowest BCUT2D eigenvalue weighted by Crippen LogP contribution is -2.43. The number of amides is 1. The molecule has 0 atom stereocenters. The van der Waals surface area contributed by atoms with Crippen LogP contribution >= 0.6 is 10.6 Å². The summed E-state index contributed by atoms with van der Waals surface area (Å²) in [6.45, 7) is 7.28. The van der Waals surface area contributed by atoms with Crippen LogP contribution in [-0.4, -0.2) is 62.7 Å². The van der Waals surface area contributed by atoms with Crippen molar-refractivity contribution >= 4 is 33.9 Å². The van der Waals surface area contributed by atoms with E-state index in [9.17, 15) is 23.5 Å². The van der Waals surface area contributed by atoms with E-state index in [1.807, 2.05) is 45.0 Å². The molecule has 2 aliphatic rings. The Morgan fingerprint density at radius 1 is 0.972 bits per heavy atom. The molecule has 2 heterocycles. The van der Waals surface area contributed by atoms with Crippen LogP contribution in [0.1, 0.15) is 49.5 Å². The zero-order valence-electron chi connectivity index (χ0n) is 21.0. The second kappa shape index (κ2) is 10.2. The number of hydrogen-bond donors (Lipinski definition) is 2. The van der Waals surface area contributed by atoms with Crippen LogP contribution in [-0.2, 0) is 16.1 Å². The zero-order valence-corrected chi connectivity index (χ0v) is 21.8. The van der Waals surface area contributed by atoms with Crippen LogP contribution in [0.2, 0.25) is 0 Å². The summed E-state index contributed by atoms with van der Waals surface area (Å²) < 4.78 is 26.1. The molecule has 1 saturated heterocycles. The molecule has 1 fully saturated rings. The number of para-hydroxylation sites is 1. The Labute approximate surface area is 213 Å². The summed E-state index contributed by atoms with van der Waals surface area (Å²) in [5.41, 5.74) is 1.54. The molecule has 36 heavy (non-hydrogen) atoms. The van der Waals surface area contributed by atoms with Gasteiger partial charge in [0.1, 0.15) is 5.60 Å². The zero-order chi connectivity index (χ0) is 26.1. The number of Topliss-reactive ketones (excluding diaryl/α,β-unsaturated/α-hetero) is 2. The van der Waals surface area contributed by atoms with Crippen molar-refractivity contribution in [2.24, 2.45) is 5.92 Å². The summed E-state index contributed by atoms with van der Waals surface area (Å²) in [6.07, 6.45) is 0.488. The number of carbonyl (C=O) groups excluding carboxylic acids is 3. The van der Waals surface area contributed by atoms with E-state index in [2.05, 4.69) is 4.90 Å². The molecule has 9 heteroatoms. The van der Waals surface area contributed by atoms with E-state index in [0.717, 1.165) is 11.3 Å². The van der Waals surface area contributed by atoms with Crippen molar-refractivity contribution in [3.05, 3.63) is 59.7 Å². The summed E-state index contributed by atoms with van der Waals surface area (Å²) in [5, 5.41) is 0. The van der Waals surface area contributed by atoms with Crippen LogP contribution in [0.5, 0.6) is 0 Å². The van der Waals surface area contributed by atoms with E-state index in [1.165, 1.54) is 0 Å². The summed E-state index contributed by atoms with van der Waals surface area (Å²) in [6, 6.07) is 14.3. The van der Waals surface area contributed by atoms with Gasteiger partial charge in [0.05, 0.1) is 16.3 Å². The first-order valence-electron chi connectivity index (χ1n) is 12.2. The molecule has 2 aromatic rings. The predicted molar refractivity (Wildman–Crippen MR) is 140 cm³/mol. The lowest BCUT2D eigenvalue weighted by molar-refractivity contribution is -0.120. The fourth-order valence-corrected chi connectivity index (χ4v) is 6.11. The van der Waals surface area contributed by atoms with Crippen molar-refractivity contribution in [2.45, 2.75) is 50.7 Å². The Kier molecular flexibility index (Phi) is 7.45. The van der Waals surface area contributed by atoms with Crippen LogP contribution in [0.15, 0.2) is 53.4 Å². The Balaban J connectivity index is 1.35. The largest absolute Gasteiger partial charge is 0.444 e. The van der Waals surface area contributed by atoms with Crippen molar-refractivity contribution in [1.29, 1.82) is 0 Å². The number of likely N-dealkylation sites (tertiary alicyclic amines) is 1. The average molecular weight is 515 g/mol. The molecule has 1 amide bonds. The molecule has 0 bridgehead atoms. The third-order valence-corrected chi connectivity index (χ3v) is 8.34. The quantitative estimate of drug-likeness (QED) is 0.416. The first kappa shape index (κ1) is 26.2. The highest BCUT2D eigenvalue weighted by Crippen LogP contribution is 2.55. The maximum Gasteiger partial charge on any atom is 0.410 e. The van der Waals surface area contributed by atoms with Crippen LogP contribution in [0.3, 0.4) is 0 Å². The Morgan fingerprint density at radius 2 is 1.61 bits per heavy atom. The molecular weight excluding hydrogens is 480 g/mol. The molecule has 2 aliphatic heterocycles. The summed E-state index contributed by atoms with van der Waals surface area (Å²) in [7, 11) is -2.77. The van der Waals surface area contributed by atoms with Gasteiger partial charge in [-0.1, -0.05) is 36.4 Å². The Hall–Kier alpha value is -2.88. The SMILES string of the molecule is CC(C)(C)OC(=O)N1CCC(C(=O)C(=O)c2ccc(CN3CCS(O)(O)c4ccccc43)cc2)CC1. The molecular formula is C27H34N2O6S. The van der Waals surface area contributed by atoms with Gasteiger partial charge in [-0.05, 0) is 51.3 Å². The van der Waals surface area contributed by atoms with Crippen LogP contribution < -0.4 is 4.90 Å². The van der Waals surface area contributed by atoms with Gasteiger partial charge < -0.3 is 14.5 Å². The minimum absolute atomic E-state index is 0.280.